The zero-order valence-corrected chi connectivity index (χ0v) is 20.3. The third-order valence-electron chi connectivity index (χ3n) is 5.18. The Kier molecular flexibility index (Phi) is 8.18. The Morgan fingerprint density at radius 1 is 1.00 bits per heavy atom. The number of benzene rings is 3. The molecule has 3 aromatic carbocycles. The molecule has 0 aliphatic carbocycles. The topological polar surface area (TPSA) is 60.4 Å². The summed E-state index contributed by atoms with van der Waals surface area (Å²) >= 11 is 1.32. The van der Waals surface area contributed by atoms with Crippen molar-refractivity contribution in [1.29, 1.82) is 0 Å². The van der Waals surface area contributed by atoms with Crippen molar-refractivity contribution < 1.29 is 23.4 Å². The Labute approximate surface area is 208 Å². The summed E-state index contributed by atoms with van der Waals surface area (Å²) < 4.78 is 29.3. The number of hydrogen-bond acceptors (Lipinski definition) is 6. The second kappa shape index (κ2) is 11.7. The Balaban J connectivity index is 1.52. The van der Waals surface area contributed by atoms with Gasteiger partial charge in [0, 0.05) is 7.11 Å². The molecule has 180 valence electrons. The molecule has 1 fully saturated rings. The molecule has 0 saturated carbocycles. The molecule has 0 unspecified atom stereocenters. The number of methoxy groups -OCH3 is 2. The number of carbonyl (C=O) groups is 1. The van der Waals surface area contributed by atoms with Gasteiger partial charge < -0.3 is 14.2 Å². The number of hydrogen-bond donors (Lipinski definition) is 0. The fraction of sp³-hybridized carbons (Fsp3) is 0.185. The van der Waals surface area contributed by atoms with Crippen molar-refractivity contribution in [3.8, 4) is 11.5 Å². The fourth-order valence-electron chi connectivity index (χ4n) is 3.33. The van der Waals surface area contributed by atoms with Crippen molar-refractivity contribution in [3.05, 3.63) is 94.6 Å². The highest BCUT2D eigenvalue weighted by Crippen LogP contribution is 2.34. The fourth-order valence-corrected chi connectivity index (χ4v) is 4.36. The van der Waals surface area contributed by atoms with E-state index < -0.39 is 0 Å². The first-order valence-electron chi connectivity index (χ1n) is 11.0. The van der Waals surface area contributed by atoms with Crippen LogP contribution in [-0.2, 0) is 16.1 Å². The van der Waals surface area contributed by atoms with E-state index in [9.17, 15) is 9.18 Å². The second-order valence-corrected chi connectivity index (χ2v) is 8.65. The zero-order valence-electron chi connectivity index (χ0n) is 19.4. The highest BCUT2D eigenvalue weighted by atomic mass is 32.2. The molecule has 0 radical (unpaired) electrons. The molecular formula is C27H25FN2O4S. The smallest absolute Gasteiger partial charge is 0.266 e. The second-order valence-electron chi connectivity index (χ2n) is 7.64. The molecule has 35 heavy (non-hydrogen) atoms. The van der Waals surface area contributed by atoms with Gasteiger partial charge in [-0.15, -0.1) is 0 Å². The lowest BCUT2D eigenvalue weighted by Crippen LogP contribution is -2.32. The molecule has 0 N–H and O–H groups in total. The molecule has 0 aromatic heterocycles. The molecule has 1 heterocycles. The average molecular weight is 493 g/mol. The quantitative estimate of drug-likeness (QED) is 0.361. The molecule has 3 aromatic rings. The number of amides is 1. The molecular weight excluding hydrogens is 467 g/mol. The van der Waals surface area contributed by atoms with E-state index in [-0.39, 0.29) is 11.7 Å². The Morgan fingerprint density at radius 3 is 2.49 bits per heavy atom. The van der Waals surface area contributed by atoms with Gasteiger partial charge in [0.1, 0.15) is 23.9 Å². The zero-order chi connectivity index (χ0) is 24.6. The molecule has 8 heteroatoms. The van der Waals surface area contributed by atoms with Gasteiger partial charge in [-0.05, 0) is 77.5 Å². The highest BCUT2D eigenvalue weighted by Gasteiger charge is 2.33. The lowest BCUT2D eigenvalue weighted by atomic mass is 10.2. The summed E-state index contributed by atoms with van der Waals surface area (Å²) in [6, 6.07) is 21.0. The molecule has 4 rings (SSSR count). The minimum atomic E-state index is -0.282. The summed E-state index contributed by atoms with van der Waals surface area (Å²) in [4.78, 5) is 20.0. The number of halogens is 1. The summed E-state index contributed by atoms with van der Waals surface area (Å²) in [5.74, 6) is 0.984. The van der Waals surface area contributed by atoms with Crippen molar-refractivity contribution >= 4 is 34.6 Å². The van der Waals surface area contributed by atoms with Crippen LogP contribution in [0.15, 0.2) is 82.7 Å². The van der Waals surface area contributed by atoms with Crippen LogP contribution >= 0.6 is 11.8 Å². The van der Waals surface area contributed by atoms with Gasteiger partial charge >= 0.3 is 0 Å². The van der Waals surface area contributed by atoms with E-state index in [4.69, 9.17) is 14.2 Å². The first kappa shape index (κ1) is 24.5. The number of rotatable bonds is 9. The van der Waals surface area contributed by atoms with E-state index in [0.29, 0.717) is 35.6 Å². The van der Waals surface area contributed by atoms with Crippen LogP contribution in [0.2, 0.25) is 0 Å². The first-order valence-corrected chi connectivity index (χ1v) is 11.8. The normalized spacial score (nSPS) is 15.7. The van der Waals surface area contributed by atoms with Gasteiger partial charge in [0.05, 0.1) is 30.9 Å². The van der Waals surface area contributed by atoms with Crippen molar-refractivity contribution in [3.63, 3.8) is 0 Å². The SMILES string of the molecule is COCCN1C(=O)/C(=C/c2cccc(OCc3ccc(F)cc3)c2)SC1=Nc1ccc(OC)cc1. The Bertz CT molecular complexity index is 1230. The number of nitrogens with zero attached hydrogens (tertiary/aromatic N) is 2. The van der Waals surface area contributed by atoms with E-state index in [1.54, 1.807) is 31.3 Å². The highest BCUT2D eigenvalue weighted by molar-refractivity contribution is 8.18. The Morgan fingerprint density at radius 2 is 1.77 bits per heavy atom. The third kappa shape index (κ3) is 6.49. The monoisotopic (exact) mass is 492 g/mol. The average Bonchev–Trinajstić information content (AvgIpc) is 3.16. The number of carbonyl (C=O) groups excluding carboxylic acids is 1. The van der Waals surface area contributed by atoms with Crippen LogP contribution in [0, 0.1) is 5.82 Å². The van der Waals surface area contributed by atoms with E-state index in [1.165, 1.54) is 23.9 Å². The van der Waals surface area contributed by atoms with Gasteiger partial charge in [0.15, 0.2) is 5.17 Å². The summed E-state index contributed by atoms with van der Waals surface area (Å²) in [5.41, 5.74) is 2.42. The Hall–Kier alpha value is -3.62. The van der Waals surface area contributed by atoms with Crippen molar-refractivity contribution in [1.82, 2.24) is 4.90 Å². The lowest BCUT2D eigenvalue weighted by Gasteiger charge is -2.14. The first-order chi connectivity index (χ1) is 17.1. The maximum absolute atomic E-state index is 13.2. The molecule has 1 aliphatic heterocycles. The van der Waals surface area contributed by atoms with Crippen molar-refractivity contribution in [2.24, 2.45) is 4.99 Å². The number of thioether (sulfide) groups is 1. The largest absolute Gasteiger partial charge is 0.497 e. The summed E-state index contributed by atoms with van der Waals surface area (Å²) in [5, 5.41) is 0.590. The van der Waals surface area contributed by atoms with Crippen LogP contribution in [0.1, 0.15) is 11.1 Å². The maximum atomic E-state index is 13.2. The minimum Gasteiger partial charge on any atom is -0.497 e. The van der Waals surface area contributed by atoms with Crippen LogP contribution in [0.5, 0.6) is 11.5 Å². The maximum Gasteiger partial charge on any atom is 0.266 e. The van der Waals surface area contributed by atoms with Crippen LogP contribution in [0.4, 0.5) is 10.1 Å². The molecule has 1 amide bonds. The summed E-state index contributed by atoms with van der Waals surface area (Å²) in [6.45, 7) is 1.11. The van der Waals surface area contributed by atoms with E-state index >= 15 is 0 Å². The van der Waals surface area contributed by atoms with E-state index in [0.717, 1.165) is 22.6 Å². The molecule has 6 nitrogen and oxygen atoms in total. The molecule has 0 bridgehead atoms. The van der Waals surface area contributed by atoms with Crippen molar-refractivity contribution in [2.75, 3.05) is 27.4 Å². The van der Waals surface area contributed by atoms with Gasteiger partial charge in [-0.1, -0.05) is 24.3 Å². The van der Waals surface area contributed by atoms with Gasteiger partial charge in [-0.2, -0.15) is 0 Å². The standard InChI is InChI=1S/C27H25FN2O4S/c1-32-15-14-30-26(31)25(35-27(30)29-22-10-12-23(33-2)13-11-22)17-20-4-3-5-24(16-20)34-18-19-6-8-21(28)9-7-19/h3-13,16-17H,14-15,18H2,1-2H3/b25-17-,29-27?. The summed E-state index contributed by atoms with van der Waals surface area (Å²) in [7, 11) is 3.21. The molecule has 1 aliphatic rings. The number of amidine groups is 1. The van der Waals surface area contributed by atoms with Gasteiger partial charge in [0.25, 0.3) is 5.91 Å². The predicted molar refractivity (Wildman–Crippen MR) is 136 cm³/mol. The summed E-state index contributed by atoms with van der Waals surface area (Å²) in [6.07, 6.45) is 1.83. The van der Waals surface area contributed by atoms with Crippen LogP contribution < -0.4 is 9.47 Å². The lowest BCUT2D eigenvalue weighted by molar-refractivity contribution is -0.122. The number of ether oxygens (including phenoxy) is 3. The third-order valence-corrected chi connectivity index (χ3v) is 6.19. The van der Waals surface area contributed by atoms with E-state index in [1.807, 2.05) is 54.6 Å². The van der Waals surface area contributed by atoms with Crippen LogP contribution in [-0.4, -0.2) is 43.3 Å². The van der Waals surface area contributed by atoms with Gasteiger partial charge in [-0.25, -0.2) is 9.38 Å². The van der Waals surface area contributed by atoms with Gasteiger partial charge in [0.2, 0.25) is 0 Å². The molecule has 0 spiro atoms. The van der Waals surface area contributed by atoms with Crippen molar-refractivity contribution in [2.45, 2.75) is 6.61 Å². The number of aliphatic imine (C=N–C) groups is 1. The van der Waals surface area contributed by atoms with Crippen LogP contribution in [0.25, 0.3) is 6.08 Å². The van der Waals surface area contributed by atoms with E-state index in [2.05, 4.69) is 4.99 Å². The molecule has 0 atom stereocenters. The van der Waals surface area contributed by atoms with Crippen LogP contribution in [0.3, 0.4) is 0 Å². The minimum absolute atomic E-state index is 0.128. The molecule has 1 saturated heterocycles. The van der Waals surface area contributed by atoms with Gasteiger partial charge in [-0.3, -0.25) is 9.69 Å². The predicted octanol–water partition coefficient (Wildman–Crippen LogP) is 5.66.